The van der Waals surface area contributed by atoms with E-state index in [-0.39, 0.29) is 5.78 Å². The van der Waals surface area contributed by atoms with Crippen molar-refractivity contribution in [3.63, 3.8) is 0 Å². The lowest BCUT2D eigenvalue weighted by Gasteiger charge is -2.01. The van der Waals surface area contributed by atoms with Crippen molar-refractivity contribution >= 4 is 17.1 Å². The first-order valence-electron chi connectivity index (χ1n) is 3.36. The highest BCUT2D eigenvalue weighted by molar-refractivity contribution is 7.07. The number of hydrogen-bond acceptors (Lipinski definition) is 4. The molecular formula is C7H9NO2S. The molecule has 0 saturated heterocycles. The summed E-state index contributed by atoms with van der Waals surface area (Å²) in [6.07, 6.45) is -0.451. The van der Waals surface area contributed by atoms with Gasteiger partial charge in [-0.25, -0.2) is 4.98 Å². The fraction of sp³-hybridized carbons (Fsp3) is 0.429. The van der Waals surface area contributed by atoms with Gasteiger partial charge in [0.2, 0.25) is 5.78 Å². The van der Waals surface area contributed by atoms with Gasteiger partial charge in [-0.15, -0.1) is 11.3 Å². The predicted octanol–water partition coefficient (Wildman–Crippen LogP) is 1.10. The van der Waals surface area contributed by atoms with Crippen molar-refractivity contribution in [1.29, 1.82) is 0 Å². The highest BCUT2D eigenvalue weighted by Gasteiger charge is 2.15. The van der Waals surface area contributed by atoms with E-state index in [1.165, 1.54) is 11.3 Å². The van der Waals surface area contributed by atoms with Crippen LogP contribution in [0.5, 0.6) is 0 Å². The Morgan fingerprint density at radius 1 is 1.91 bits per heavy atom. The highest BCUT2D eigenvalue weighted by atomic mass is 32.1. The van der Waals surface area contributed by atoms with Crippen molar-refractivity contribution in [2.24, 2.45) is 0 Å². The normalized spacial score (nSPS) is 12.9. The van der Waals surface area contributed by atoms with E-state index in [1.54, 1.807) is 17.8 Å². The molecule has 1 rings (SSSR count). The van der Waals surface area contributed by atoms with Crippen molar-refractivity contribution in [1.82, 2.24) is 4.98 Å². The molecule has 0 aliphatic rings. The van der Waals surface area contributed by atoms with Crippen molar-refractivity contribution in [2.45, 2.75) is 19.4 Å². The molecule has 0 spiro atoms. The second kappa shape index (κ2) is 3.59. The van der Waals surface area contributed by atoms with Crippen molar-refractivity contribution in [2.75, 3.05) is 0 Å². The SMILES string of the molecule is CCC(O)C(=O)c1cscn1. The Kier molecular flexibility index (Phi) is 2.73. The molecule has 11 heavy (non-hydrogen) atoms. The number of nitrogens with zero attached hydrogens (tertiary/aromatic N) is 1. The standard InChI is InChI=1S/C7H9NO2S/c1-2-6(9)7(10)5-3-11-4-8-5/h3-4,6,9H,2H2,1H3. The first kappa shape index (κ1) is 8.36. The van der Waals surface area contributed by atoms with Crippen LogP contribution in [-0.4, -0.2) is 22.0 Å². The van der Waals surface area contributed by atoms with Gasteiger partial charge in [0.05, 0.1) is 5.51 Å². The number of carbonyl (C=O) groups is 1. The van der Waals surface area contributed by atoms with E-state index in [4.69, 9.17) is 5.11 Å². The van der Waals surface area contributed by atoms with Crippen LogP contribution in [0.25, 0.3) is 0 Å². The third-order valence-corrected chi connectivity index (χ3v) is 1.96. The summed E-state index contributed by atoms with van der Waals surface area (Å²) in [5.41, 5.74) is 1.94. The summed E-state index contributed by atoms with van der Waals surface area (Å²) in [6, 6.07) is 0. The quantitative estimate of drug-likeness (QED) is 0.693. The molecule has 0 fully saturated rings. The minimum absolute atomic E-state index is 0.284. The van der Waals surface area contributed by atoms with Gasteiger partial charge in [-0.3, -0.25) is 4.79 Å². The molecule has 1 aromatic heterocycles. The fourth-order valence-electron chi connectivity index (χ4n) is 0.690. The van der Waals surface area contributed by atoms with Gasteiger partial charge in [-0.05, 0) is 6.42 Å². The topological polar surface area (TPSA) is 50.2 Å². The average molecular weight is 171 g/mol. The van der Waals surface area contributed by atoms with Crippen molar-refractivity contribution in [3.8, 4) is 0 Å². The van der Waals surface area contributed by atoms with Crippen molar-refractivity contribution in [3.05, 3.63) is 16.6 Å². The first-order chi connectivity index (χ1) is 5.25. The van der Waals surface area contributed by atoms with Crippen molar-refractivity contribution < 1.29 is 9.90 Å². The second-order valence-corrected chi connectivity index (χ2v) is 2.88. The lowest BCUT2D eigenvalue weighted by atomic mass is 10.1. The van der Waals surface area contributed by atoms with Gasteiger partial charge in [-0.2, -0.15) is 0 Å². The Balaban J connectivity index is 2.70. The summed E-state index contributed by atoms with van der Waals surface area (Å²) in [5.74, 6) is -0.284. The van der Waals surface area contributed by atoms with Crippen LogP contribution in [0.2, 0.25) is 0 Å². The van der Waals surface area contributed by atoms with Gasteiger partial charge in [-0.1, -0.05) is 6.92 Å². The van der Waals surface area contributed by atoms with E-state index in [1.807, 2.05) is 0 Å². The van der Waals surface area contributed by atoms with Crippen LogP contribution in [0.4, 0.5) is 0 Å². The van der Waals surface area contributed by atoms with Crippen LogP contribution >= 0.6 is 11.3 Å². The Bertz CT molecular complexity index is 233. The minimum Gasteiger partial charge on any atom is -0.385 e. The molecule has 0 aliphatic carbocycles. The fourth-order valence-corrected chi connectivity index (χ4v) is 1.23. The summed E-state index contributed by atoms with van der Waals surface area (Å²) < 4.78 is 0. The maximum atomic E-state index is 11.1. The highest BCUT2D eigenvalue weighted by Crippen LogP contribution is 2.06. The number of rotatable bonds is 3. The van der Waals surface area contributed by atoms with Crippen LogP contribution < -0.4 is 0 Å². The number of aliphatic hydroxyl groups is 1. The second-order valence-electron chi connectivity index (χ2n) is 2.16. The van der Waals surface area contributed by atoms with Gasteiger partial charge < -0.3 is 5.11 Å². The van der Waals surface area contributed by atoms with Crippen LogP contribution in [0.15, 0.2) is 10.9 Å². The number of thiazole rings is 1. The van der Waals surface area contributed by atoms with E-state index in [9.17, 15) is 4.79 Å². The Morgan fingerprint density at radius 2 is 2.64 bits per heavy atom. The Hall–Kier alpha value is -0.740. The number of hydrogen-bond donors (Lipinski definition) is 1. The van der Waals surface area contributed by atoms with E-state index < -0.39 is 6.10 Å². The van der Waals surface area contributed by atoms with E-state index in [2.05, 4.69) is 4.98 Å². The Morgan fingerprint density at radius 3 is 3.09 bits per heavy atom. The predicted molar refractivity (Wildman–Crippen MR) is 42.7 cm³/mol. The number of Topliss-reactive ketones (excluding diaryl/α,β-unsaturated/α-hetero) is 1. The van der Waals surface area contributed by atoms with Gasteiger partial charge in [0.1, 0.15) is 11.8 Å². The van der Waals surface area contributed by atoms with Crippen LogP contribution in [0, 0.1) is 0 Å². The number of aromatic nitrogens is 1. The molecule has 1 atom stereocenters. The molecule has 1 unspecified atom stereocenters. The Labute approximate surface area is 68.7 Å². The number of carbonyl (C=O) groups excluding carboxylic acids is 1. The maximum absolute atomic E-state index is 11.1. The zero-order chi connectivity index (χ0) is 8.27. The number of aliphatic hydroxyl groups excluding tert-OH is 1. The molecule has 0 amide bonds. The minimum atomic E-state index is -0.892. The lowest BCUT2D eigenvalue weighted by Crippen LogP contribution is -2.19. The van der Waals surface area contributed by atoms with Gasteiger partial charge in [0.25, 0.3) is 0 Å². The third kappa shape index (κ3) is 1.85. The molecule has 3 nitrogen and oxygen atoms in total. The van der Waals surface area contributed by atoms with Crippen LogP contribution in [0.1, 0.15) is 23.8 Å². The third-order valence-electron chi connectivity index (χ3n) is 1.37. The number of ketones is 1. The molecule has 1 N–H and O–H groups in total. The maximum Gasteiger partial charge on any atom is 0.210 e. The van der Waals surface area contributed by atoms with E-state index in [0.717, 1.165) is 0 Å². The molecule has 1 heterocycles. The van der Waals surface area contributed by atoms with Gasteiger partial charge >= 0.3 is 0 Å². The molecular weight excluding hydrogens is 162 g/mol. The molecule has 0 saturated carbocycles. The molecule has 0 aromatic carbocycles. The van der Waals surface area contributed by atoms with E-state index >= 15 is 0 Å². The van der Waals surface area contributed by atoms with Gasteiger partial charge in [0, 0.05) is 5.38 Å². The summed E-state index contributed by atoms with van der Waals surface area (Å²) in [4.78, 5) is 14.9. The molecule has 0 aliphatic heterocycles. The van der Waals surface area contributed by atoms with Gasteiger partial charge in [0.15, 0.2) is 0 Å². The first-order valence-corrected chi connectivity index (χ1v) is 4.30. The van der Waals surface area contributed by atoms with E-state index in [0.29, 0.717) is 12.1 Å². The summed E-state index contributed by atoms with van der Waals surface area (Å²) in [6.45, 7) is 1.76. The lowest BCUT2D eigenvalue weighted by molar-refractivity contribution is 0.0736. The zero-order valence-corrected chi connectivity index (χ0v) is 6.97. The summed E-state index contributed by atoms with van der Waals surface area (Å²) >= 11 is 1.35. The average Bonchev–Trinajstić information content (AvgIpc) is 2.53. The monoisotopic (exact) mass is 171 g/mol. The zero-order valence-electron chi connectivity index (χ0n) is 6.15. The molecule has 4 heteroatoms. The molecule has 60 valence electrons. The largest absolute Gasteiger partial charge is 0.385 e. The molecule has 0 bridgehead atoms. The van der Waals surface area contributed by atoms with Crippen LogP contribution in [-0.2, 0) is 0 Å². The summed E-state index contributed by atoms with van der Waals surface area (Å²) in [5, 5.41) is 10.8. The molecule has 1 aromatic rings. The summed E-state index contributed by atoms with van der Waals surface area (Å²) in [7, 11) is 0. The van der Waals surface area contributed by atoms with Crippen LogP contribution in [0.3, 0.4) is 0 Å². The smallest absolute Gasteiger partial charge is 0.210 e. The molecule has 0 radical (unpaired) electrons.